The number of hydrogen-bond acceptors (Lipinski definition) is 4. The van der Waals surface area contributed by atoms with Crippen LogP contribution in [0.2, 0.25) is 5.02 Å². The summed E-state index contributed by atoms with van der Waals surface area (Å²) in [5.74, 6) is -1.43. The molecule has 0 bridgehead atoms. The minimum absolute atomic E-state index is 0.00529. The smallest absolute Gasteiger partial charge is 0.264 e. The van der Waals surface area contributed by atoms with Crippen LogP contribution in [0.25, 0.3) is 0 Å². The van der Waals surface area contributed by atoms with Gasteiger partial charge in [-0.3, -0.25) is 13.9 Å². The zero-order chi connectivity index (χ0) is 33.4. The molecule has 2 atom stereocenters. The van der Waals surface area contributed by atoms with Gasteiger partial charge in [-0.1, -0.05) is 84.8 Å². The molecular weight excluding hydrogens is 625 g/mol. The lowest BCUT2D eigenvalue weighted by Crippen LogP contribution is -2.54. The van der Waals surface area contributed by atoms with Gasteiger partial charge in [-0.2, -0.15) is 0 Å². The van der Waals surface area contributed by atoms with E-state index in [0.29, 0.717) is 22.6 Å². The second-order valence-corrected chi connectivity index (χ2v) is 13.6. The van der Waals surface area contributed by atoms with Crippen LogP contribution in [0, 0.1) is 19.7 Å². The van der Waals surface area contributed by atoms with Crippen molar-refractivity contribution in [2.45, 2.75) is 64.1 Å². The second kappa shape index (κ2) is 15.4. The van der Waals surface area contributed by atoms with Crippen LogP contribution >= 0.6 is 11.6 Å². The summed E-state index contributed by atoms with van der Waals surface area (Å²) in [6.07, 6.45) is 0.850. The number of benzene rings is 4. The molecule has 0 aromatic heterocycles. The highest BCUT2D eigenvalue weighted by Crippen LogP contribution is 2.31. The zero-order valence-electron chi connectivity index (χ0n) is 26.4. The van der Waals surface area contributed by atoms with Crippen molar-refractivity contribution in [1.29, 1.82) is 0 Å². The van der Waals surface area contributed by atoms with E-state index in [1.54, 1.807) is 49.4 Å². The second-order valence-electron chi connectivity index (χ2n) is 11.4. The van der Waals surface area contributed by atoms with Gasteiger partial charge in [0.1, 0.15) is 18.4 Å². The minimum atomic E-state index is -4.27. The van der Waals surface area contributed by atoms with Crippen molar-refractivity contribution in [2.24, 2.45) is 0 Å². The van der Waals surface area contributed by atoms with E-state index in [2.05, 4.69) is 5.32 Å². The lowest BCUT2D eigenvalue weighted by atomic mass is 10.0. The molecule has 46 heavy (non-hydrogen) atoms. The monoisotopic (exact) mass is 663 g/mol. The first-order valence-corrected chi connectivity index (χ1v) is 16.9. The van der Waals surface area contributed by atoms with Crippen LogP contribution in [0.4, 0.5) is 10.1 Å². The van der Waals surface area contributed by atoms with Crippen LogP contribution in [-0.4, -0.2) is 43.8 Å². The maximum Gasteiger partial charge on any atom is 0.264 e. The number of carbonyl (C=O) groups excluding carboxylic acids is 2. The van der Waals surface area contributed by atoms with Gasteiger partial charge < -0.3 is 10.2 Å². The Bertz CT molecular complexity index is 1750. The molecule has 1 N–H and O–H groups in total. The topological polar surface area (TPSA) is 86.8 Å². The van der Waals surface area contributed by atoms with Gasteiger partial charge in [0.05, 0.1) is 10.6 Å². The third kappa shape index (κ3) is 8.53. The van der Waals surface area contributed by atoms with Crippen LogP contribution in [-0.2, 0) is 32.6 Å². The molecule has 0 radical (unpaired) electrons. The Kier molecular flexibility index (Phi) is 11.6. The van der Waals surface area contributed by atoms with E-state index in [1.807, 2.05) is 51.1 Å². The molecule has 0 heterocycles. The number of nitrogens with zero attached hydrogens (tertiary/aromatic N) is 2. The predicted molar refractivity (Wildman–Crippen MR) is 181 cm³/mol. The fourth-order valence-electron chi connectivity index (χ4n) is 5.00. The molecule has 0 saturated heterocycles. The van der Waals surface area contributed by atoms with Gasteiger partial charge in [0.25, 0.3) is 10.0 Å². The fraction of sp³-hybridized carbons (Fsp3) is 0.278. The van der Waals surface area contributed by atoms with Crippen molar-refractivity contribution in [3.63, 3.8) is 0 Å². The van der Waals surface area contributed by atoms with E-state index in [-0.39, 0.29) is 35.5 Å². The summed E-state index contributed by atoms with van der Waals surface area (Å²) >= 11 is 6.44. The molecule has 0 spiro atoms. The maximum atomic E-state index is 14.6. The van der Waals surface area contributed by atoms with Crippen molar-refractivity contribution < 1.29 is 22.4 Å². The van der Waals surface area contributed by atoms with Crippen molar-refractivity contribution in [2.75, 3.05) is 10.8 Å². The molecule has 0 aliphatic carbocycles. The summed E-state index contributed by atoms with van der Waals surface area (Å²) in [5.41, 5.74) is 3.00. The number of carbonyl (C=O) groups is 2. The summed E-state index contributed by atoms with van der Waals surface area (Å²) in [6, 6.07) is 25.0. The first-order valence-electron chi connectivity index (χ1n) is 15.1. The van der Waals surface area contributed by atoms with Gasteiger partial charge in [-0.25, -0.2) is 12.8 Å². The number of amides is 2. The van der Waals surface area contributed by atoms with E-state index >= 15 is 0 Å². The zero-order valence-corrected chi connectivity index (χ0v) is 28.0. The molecular formula is C36H39ClFN3O4S. The van der Waals surface area contributed by atoms with Crippen LogP contribution < -0.4 is 9.62 Å². The number of aryl methyl sites for hydroxylation is 1. The summed E-state index contributed by atoms with van der Waals surface area (Å²) < 4.78 is 43.4. The van der Waals surface area contributed by atoms with E-state index in [4.69, 9.17) is 11.6 Å². The first-order chi connectivity index (χ1) is 21.9. The molecule has 4 aromatic carbocycles. The van der Waals surface area contributed by atoms with E-state index in [1.165, 1.54) is 29.2 Å². The summed E-state index contributed by atoms with van der Waals surface area (Å²) in [5, 5.41) is 3.34. The number of hydrogen-bond donors (Lipinski definition) is 1. The third-order valence-corrected chi connectivity index (χ3v) is 10.1. The average molecular weight is 664 g/mol. The molecule has 10 heteroatoms. The maximum absolute atomic E-state index is 14.6. The molecule has 0 saturated carbocycles. The van der Waals surface area contributed by atoms with Crippen molar-refractivity contribution in [3.8, 4) is 0 Å². The lowest BCUT2D eigenvalue weighted by Gasteiger charge is -2.34. The van der Waals surface area contributed by atoms with Gasteiger partial charge in [-0.05, 0) is 80.3 Å². The first kappa shape index (κ1) is 34.7. The predicted octanol–water partition coefficient (Wildman–Crippen LogP) is 6.85. The van der Waals surface area contributed by atoms with Crippen LogP contribution in [0.1, 0.15) is 42.5 Å². The molecule has 0 aliphatic rings. The van der Waals surface area contributed by atoms with E-state index in [9.17, 15) is 22.4 Å². The third-order valence-electron chi connectivity index (χ3n) is 7.93. The average Bonchev–Trinajstić information content (AvgIpc) is 3.04. The molecule has 7 nitrogen and oxygen atoms in total. The van der Waals surface area contributed by atoms with E-state index < -0.39 is 34.3 Å². The SMILES string of the molecule is CC[C@@H](C)NC(=O)[C@@H](Cc1ccccc1)N(Cc1ccc(F)cc1)C(=O)CN(c1cccc(Cl)c1C)S(=O)(=O)c1ccc(C)cc1. The highest BCUT2D eigenvalue weighted by molar-refractivity contribution is 7.92. The summed E-state index contributed by atoms with van der Waals surface area (Å²) in [7, 11) is -4.27. The number of nitrogens with one attached hydrogen (secondary N) is 1. The van der Waals surface area contributed by atoms with Gasteiger partial charge in [0.2, 0.25) is 11.8 Å². The van der Waals surface area contributed by atoms with E-state index in [0.717, 1.165) is 15.4 Å². The molecule has 4 rings (SSSR count). The minimum Gasteiger partial charge on any atom is -0.352 e. The van der Waals surface area contributed by atoms with Crippen molar-refractivity contribution in [3.05, 3.63) is 130 Å². The number of anilines is 1. The number of rotatable bonds is 13. The molecule has 242 valence electrons. The van der Waals surface area contributed by atoms with Crippen molar-refractivity contribution in [1.82, 2.24) is 10.2 Å². The molecule has 4 aromatic rings. The fourth-order valence-corrected chi connectivity index (χ4v) is 6.64. The normalized spacial score (nSPS) is 12.7. The highest BCUT2D eigenvalue weighted by Gasteiger charge is 2.35. The van der Waals surface area contributed by atoms with Gasteiger partial charge in [0, 0.05) is 24.0 Å². The number of halogens is 2. The number of sulfonamides is 1. The Morgan fingerprint density at radius 3 is 2.15 bits per heavy atom. The summed E-state index contributed by atoms with van der Waals surface area (Å²) in [6.45, 7) is 6.69. The Morgan fingerprint density at radius 2 is 1.52 bits per heavy atom. The van der Waals surface area contributed by atoms with Gasteiger partial charge in [0.15, 0.2) is 0 Å². The molecule has 2 amide bonds. The summed E-state index contributed by atoms with van der Waals surface area (Å²) in [4.78, 5) is 29.8. The van der Waals surface area contributed by atoms with Crippen molar-refractivity contribution >= 4 is 39.1 Å². The molecule has 0 fully saturated rings. The van der Waals surface area contributed by atoms with Crippen LogP contribution in [0.3, 0.4) is 0 Å². The highest BCUT2D eigenvalue weighted by atomic mass is 35.5. The molecule has 0 unspecified atom stereocenters. The quantitative estimate of drug-likeness (QED) is 0.170. The van der Waals surface area contributed by atoms with Crippen LogP contribution in [0.5, 0.6) is 0 Å². The standard InChI is InChI=1S/C36H39ClFN3O4S/c1-5-26(3)39-36(43)34(22-28-10-7-6-8-11-28)40(23-29-16-18-30(38)19-17-29)35(42)24-41(33-13-9-12-32(37)27(33)4)46(44,45)31-20-14-25(2)15-21-31/h6-21,26,34H,5,22-24H2,1-4H3,(H,39,43)/t26-,34-/m1/s1. The molecule has 0 aliphatic heterocycles. The Labute approximate surface area is 276 Å². The van der Waals surface area contributed by atoms with Gasteiger partial charge >= 0.3 is 0 Å². The Morgan fingerprint density at radius 1 is 0.870 bits per heavy atom. The largest absolute Gasteiger partial charge is 0.352 e. The van der Waals surface area contributed by atoms with Crippen LogP contribution in [0.15, 0.2) is 102 Å². The lowest BCUT2D eigenvalue weighted by molar-refractivity contribution is -0.140. The van der Waals surface area contributed by atoms with Gasteiger partial charge in [-0.15, -0.1) is 0 Å². The Balaban J connectivity index is 1.83. The Hall–Kier alpha value is -4.21.